The molecule has 1 N–H and O–H groups in total. The summed E-state index contributed by atoms with van der Waals surface area (Å²) >= 11 is 5.34. The molecule has 1 heterocycles. The van der Waals surface area contributed by atoms with Gasteiger partial charge in [-0.2, -0.15) is 0 Å². The molecule has 0 bridgehead atoms. The van der Waals surface area contributed by atoms with E-state index in [1.54, 1.807) is 12.1 Å². The van der Waals surface area contributed by atoms with Crippen LogP contribution in [0.2, 0.25) is 0 Å². The second-order valence-corrected chi connectivity index (χ2v) is 6.22. The third-order valence-corrected chi connectivity index (χ3v) is 4.29. The third-order valence-electron chi connectivity index (χ3n) is 2.86. The zero-order valence-electron chi connectivity index (χ0n) is 9.94. The van der Waals surface area contributed by atoms with Crippen LogP contribution in [-0.4, -0.2) is 35.7 Å². The first-order chi connectivity index (χ1) is 8.90. The lowest BCUT2D eigenvalue weighted by Gasteiger charge is -2.12. The largest absolute Gasteiger partial charge is 0.340 e. The number of carbonyl (C=O) groups excluding carboxylic acids is 3. The van der Waals surface area contributed by atoms with E-state index in [4.69, 9.17) is 0 Å². The van der Waals surface area contributed by atoms with Gasteiger partial charge in [-0.3, -0.25) is 19.3 Å². The van der Waals surface area contributed by atoms with Crippen molar-refractivity contribution in [2.24, 2.45) is 0 Å². The lowest BCUT2D eigenvalue weighted by atomic mass is 10.2. The van der Waals surface area contributed by atoms with Crippen molar-refractivity contribution >= 4 is 56.2 Å². The maximum absolute atomic E-state index is 12.1. The van der Waals surface area contributed by atoms with Gasteiger partial charge in [0.1, 0.15) is 6.04 Å². The molecule has 0 spiro atoms. The van der Waals surface area contributed by atoms with Gasteiger partial charge in [-0.1, -0.05) is 15.9 Å². The molecule has 1 aliphatic rings. The van der Waals surface area contributed by atoms with Crippen LogP contribution in [0.1, 0.15) is 16.8 Å². The third kappa shape index (κ3) is 2.97. The van der Waals surface area contributed by atoms with E-state index in [1.165, 1.54) is 7.05 Å². The van der Waals surface area contributed by atoms with Gasteiger partial charge in [-0.25, -0.2) is 0 Å². The van der Waals surface area contributed by atoms with Crippen molar-refractivity contribution in [3.8, 4) is 0 Å². The molecule has 1 aliphatic heterocycles. The zero-order valence-corrected chi connectivity index (χ0v) is 13.7. The van der Waals surface area contributed by atoms with E-state index in [2.05, 4.69) is 21.2 Å². The monoisotopic (exact) mass is 436 g/mol. The Morgan fingerprint density at radius 1 is 1.47 bits per heavy atom. The molecule has 0 aliphatic carbocycles. The zero-order chi connectivity index (χ0) is 14.2. The van der Waals surface area contributed by atoms with Gasteiger partial charge < -0.3 is 5.32 Å². The minimum atomic E-state index is -0.764. The normalized spacial score (nSPS) is 18.9. The topological polar surface area (TPSA) is 66.5 Å². The molecule has 19 heavy (non-hydrogen) atoms. The van der Waals surface area contributed by atoms with Gasteiger partial charge in [-0.15, -0.1) is 0 Å². The molecule has 1 saturated heterocycles. The summed E-state index contributed by atoms with van der Waals surface area (Å²) in [5.41, 5.74) is 0.477. The van der Waals surface area contributed by atoms with Gasteiger partial charge in [0.2, 0.25) is 5.91 Å². The number of hydrogen-bond acceptors (Lipinski definition) is 3. The van der Waals surface area contributed by atoms with Gasteiger partial charge >= 0.3 is 0 Å². The van der Waals surface area contributed by atoms with Crippen LogP contribution in [0.25, 0.3) is 0 Å². The summed E-state index contributed by atoms with van der Waals surface area (Å²) in [6.45, 7) is 0. The average Bonchev–Trinajstić information content (AvgIpc) is 2.60. The predicted octanol–water partition coefficient (Wildman–Crippen LogP) is 1.54. The van der Waals surface area contributed by atoms with E-state index in [0.717, 1.165) is 12.9 Å². The average molecular weight is 437 g/mol. The Morgan fingerprint density at radius 2 is 2.16 bits per heavy atom. The standard InChI is InChI=1S/C12H10BrIN2O3/c1-16-10(17)5-9(12(16)19)15-11(18)7-4-6(13)2-3-8(7)14/h2-4,9H,5H2,1H3,(H,15,18). The molecule has 5 nitrogen and oxygen atoms in total. The van der Waals surface area contributed by atoms with E-state index < -0.39 is 6.04 Å². The molecule has 3 amide bonds. The predicted molar refractivity (Wildman–Crippen MR) is 80.5 cm³/mol. The van der Waals surface area contributed by atoms with Crippen molar-refractivity contribution in [2.45, 2.75) is 12.5 Å². The highest BCUT2D eigenvalue weighted by molar-refractivity contribution is 14.1. The van der Waals surface area contributed by atoms with Gasteiger partial charge in [0.25, 0.3) is 11.8 Å². The molecule has 0 saturated carbocycles. The van der Waals surface area contributed by atoms with Crippen LogP contribution < -0.4 is 5.32 Å². The van der Waals surface area contributed by atoms with E-state index in [9.17, 15) is 14.4 Å². The first-order valence-electron chi connectivity index (χ1n) is 5.46. The number of carbonyl (C=O) groups is 3. The number of benzene rings is 1. The summed E-state index contributed by atoms with van der Waals surface area (Å²) in [6.07, 6.45) is 0.0195. The number of amides is 3. The fourth-order valence-corrected chi connectivity index (χ4v) is 2.72. The summed E-state index contributed by atoms with van der Waals surface area (Å²) in [6, 6.07) is 4.55. The first kappa shape index (κ1) is 14.4. The molecule has 1 unspecified atom stereocenters. The van der Waals surface area contributed by atoms with Crippen LogP contribution in [0, 0.1) is 3.57 Å². The lowest BCUT2D eigenvalue weighted by Crippen LogP contribution is -2.40. The molecule has 1 fully saturated rings. The molecule has 100 valence electrons. The van der Waals surface area contributed by atoms with Gasteiger partial charge in [0.15, 0.2) is 0 Å². The van der Waals surface area contributed by atoms with Crippen LogP contribution in [-0.2, 0) is 9.59 Å². The number of likely N-dealkylation sites (N-methyl/N-ethyl adjacent to an activating group) is 1. The smallest absolute Gasteiger partial charge is 0.253 e. The van der Waals surface area contributed by atoms with Crippen molar-refractivity contribution in [1.82, 2.24) is 10.2 Å². The van der Waals surface area contributed by atoms with Crippen molar-refractivity contribution in [3.63, 3.8) is 0 Å². The molecular formula is C12H10BrIN2O3. The fourth-order valence-electron chi connectivity index (χ4n) is 1.78. The van der Waals surface area contributed by atoms with Crippen molar-refractivity contribution < 1.29 is 14.4 Å². The number of likely N-dealkylation sites (tertiary alicyclic amines) is 1. The van der Waals surface area contributed by atoms with E-state index in [0.29, 0.717) is 5.56 Å². The Labute approximate surface area is 132 Å². The summed E-state index contributed by atoms with van der Waals surface area (Å²) in [7, 11) is 1.42. The minimum Gasteiger partial charge on any atom is -0.340 e. The highest BCUT2D eigenvalue weighted by Crippen LogP contribution is 2.19. The Balaban J connectivity index is 2.16. The van der Waals surface area contributed by atoms with Crippen LogP contribution in [0.4, 0.5) is 0 Å². The number of hydrogen-bond donors (Lipinski definition) is 1. The maximum Gasteiger partial charge on any atom is 0.253 e. The van der Waals surface area contributed by atoms with E-state index in [1.807, 2.05) is 28.7 Å². The van der Waals surface area contributed by atoms with Crippen LogP contribution in [0.3, 0.4) is 0 Å². The Bertz CT molecular complexity index is 576. The molecule has 0 aromatic heterocycles. The van der Waals surface area contributed by atoms with Gasteiger partial charge in [0, 0.05) is 15.1 Å². The SMILES string of the molecule is CN1C(=O)CC(NC(=O)c2cc(Br)ccc2I)C1=O. The van der Waals surface area contributed by atoms with Gasteiger partial charge in [-0.05, 0) is 40.8 Å². The summed E-state index contributed by atoms with van der Waals surface area (Å²) in [4.78, 5) is 36.2. The molecule has 7 heteroatoms. The number of nitrogens with one attached hydrogen (secondary N) is 1. The second kappa shape index (κ2) is 5.58. The van der Waals surface area contributed by atoms with E-state index in [-0.39, 0.29) is 24.1 Å². The summed E-state index contributed by atoms with van der Waals surface area (Å²) in [5, 5.41) is 2.60. The highest BCUT2D eigenvalue weighted by Gasteiger charge is 2.37. The first-order valence-corrected chi connectivity index (χ1v) is 7.33. The highest BCUT2D eigenvalue weighted by atomic mass is 127. The fraction of sp³-hybridized carbons (Fsp3) is 0.250. The molecular weight excluding hydrogens is 427 g/mol. The minimum absolute atomic E-state index is 0.0195. The molecule has 1 aromatic carbocycles. The quantitative estimate of drug-likeness (QED) is 0.565. The van der Waals surface area contributed by atoms with Crippen molar-refractivity contribution in [3.05, 3.63) is 31.8 Å². The Hall–Kier alpha value is -0.960. The number of nitrogens with zero attached hydrogens (tertiary/aromatic N) is 1. The van der Waals surface area contributed by atoms with Crippen LogP contribution in [0.15, 0.2) is 22.7 Å². The molecule has 2 rings (SSSR count). The van der Waals surface area contributed by atoms with E-state index >= 15 is 0 Å². The number of imide groups is 1. The number of rotatable bonds is 2. The summed E-state index contributed by atoms with van der Waals surface area (Å²) in [5.74, 6) is -1.00. The van der Waals surface area contributed by atoms with Crippen molar-refractivity contribution in [2.75, 3.05) is 7.05 Å². The second-order valence-electron chi connectivity index (χ2n) is 4.15. The lowest BCUT2D eigenvalue weighted by molar-refractivity contribution is -0.137. The van der Waals surface area contributed by atoms with Crippen LogP contribution >= 0.6 is 38.5 Å². The number of halogens is 2. The molecule has 0 radical (unpaired) electrons. The summed E-state index contributed by atoms with van der Waals surface area (Å²) < 4.78 is 1.56. The molecule has 1 aromatic rings. The van der Waals surface area contributed by atoms with Gasteiger partial charge in [0.05, 0.1) is 12.0 Å². The van der Waals surface area contributed by atoms with Crippen LogP contribution in [0.5, 0.6) is 0 Å². The molecule has 1 atom stereocenters. The Kier molecular flexibility index (Phi) is 4.24. The van der Waals surface area contributed by atoms with Crippen molar-refractivity contribution in [1.29, 1.82) is 0 Å². The Morgan fingerprint density at radius 3 is 2.74 bits per heavy atom. The maximum atomic E-state index is 12.1.